The average Bonchev–Trinajstić information content (AvgIpc) is 2.71. The summed E-state index contributed by atoms with van der Waals surface area (Å²) in [6.45, 7) is 0. The zero-order chi connectivity index (χ0) is 10.7. The number of nitrogens with one attached hydrogen (secondary N) is 1. The van der Waals surface area contributed by atoms with E-state index in [1.54, 1.807) is 0 Å². The number of hydrogen-bond donors (Lipinski definition) is 1. The number of halogens is 1. The van der Waals surface area contributed by atoms with Gasteiger partial charge in [-0.15, -0.1) is 0 Å². The Labute approximate surface area is 84.7 Å². The molecule has 5 heteroatoms. The highest BCUT2D eigenvalue weighted by molar-refractivity contribution is 6.03. The Balaban J connectivity index is 2.11. The molecule has 0 bridgehead atoms. The van der Waals surface area contributed by atoms with Gasteiger partial charge in [0.15, 0.2) is 5.82 Å². The van der Waals surface area contributed by atoms with Crippen LogP contribution in [-0.2, 0) is 0 Å². The first-order valence-corrected chi connectivity index (χ1v) is 4.23. The highest BCUT2D eigenvalue weighted by atomic mass is 19.1. The normalized spacial score (nSPS) is 9.93. The SMILES string of the molecule is O=C(Nc1ccon1)c1ccc(F)cc1. The fourth-order valence-electron chi connectivity index (χ4n) is 1.07. The molecule has 4 nitrogen and oxygen atoms in total. The van der Waals surface area contributed by atoms with Crippen LogP contribution < -0.4 is 5.32 Å². The summed E-state index contributed by atoms with van der Waals surface area (Å²) in [5, 5.41) is 6.01. The zero-order valence-electron chi connectivity index (χ0n) is 7.61. The molecule has 15 heavy (non-hydrogen) atoms. The molecule has 1 heterocycles. The Morgan fingerprint density at radius 3 is 2.60 bits per heavy atom. The number of rotatable bonds is 2. The lowest BCUT2D eigenvalue weighted by Crippen LogP contribution is -2.11. The maximum Gasteiger partial charge on any atom is 0.256 e. The van der Waals surface area contributed by atoms with E-state index < -0.39 is 0 Å². The molecule has 0 aliphatic rings. The Morgan fingerprint density at radius 1 is 1.27 bits per heavy atom. The Hall–Kier alpha value is -2.17. The van der Waals surface area contributed by atoms with Gasteiger partial charge in [-0.1, -0.05) is 5.16 Å². The number of amides is 1. The molecule has 0 saturated carbocycles. The van der Waals surface area contributed by atoms with E-state index in [4.69, 9.17) is 0 Å². The minimum Gasteiger partial charge on any atom is -0.363 e. The van der Waals surface area contributed by atoms with Gasteiger partial charge in [-0.25, -0.2) is 4.39 Å². The maximum absolute atomic E-state index is 12.6. The summed E-state index contributed by atoms with van der Waals surface area (Å²) < 4.78 is 17.1. The van der Waals surface area contributed by atoms with E-state index >= 15 is 0 Å². The van der Waals surface area contributed by atoms with Crippen LogP contribution in [0.3, 0.4) is 0 Å². The number of hydrogen-bond acceptors (Lipinski definition) is 3. The fourth-order valence-corrected chi connectivity index (χ4v) is 1.07. The van der Waals surface area contributed by atoms with Gasteiger partial charge in [0, 0.05) is 11.6 Å². The standard InChI is InChI=1S/C10H7FN2O2/c11-8-3-1-7(2-4-8)10(14)12-9-5-6-15-13-9/h1-6H,(H,12,13,14). The molecule has 0 fully saturated rings. The highest BCUT2D eigenvalue weighted by Crippen LogP contribution is 2.07. The van der Waals surface area contributed by atoms with Crippen LogP contribution in [0.15, 0.2) is 41.1 Å². The first-order valence-electron chi connectivity index (χ1n) is 4.23. The predicted octanol–water partition coefficient (Wildman–Crippen LogP) is 2.07. The highest BCUT2D eigenvalue weighted by Gasteiger charge is 2.07. The van der Waals surface area contributed by atoms with Crippen LogP contribution in [-0.4, -0.2) is 11.1 Å². The topological polar surface area (TPSA) is 55.1 Å². The van der Waals surface area contributed by atoms with Crippen molar-refractivity contribution in [3.05, 3.63) is 48.0 Å². The Morgan fingerprint density at radius 2 is 2.00 bits per heavy atom. The van der Waals surface area contributed by atoms with E-state index in [9.17, 15) is 9.18 Å². The Kier molecular flexibility index (Phi) is 2.45. The summed E-state index contributed by atoms with van der Waals surface area (Å²) in [7, 11) is 0. The second-order valence-corrected chi connectivity index (χ2v) is 2.85. The van der Waals surface area contributed by atoms with Gasteiger partial charge in [-0.3, -0.25) is 4.79 Å². The van der Waals surface area contributed by atoms with Crippen LogP contribution in [0.25, 0.3) is 0 Å². The van der Waals surface area contributed by atoms with Crippen molar-refractivity contribution >= 4 is 11.7 Å². The van der Waals surface area contributed by atoms with Gasteiger partial charge in [0.25, 0.3) is 5.91 Å². The van der Waals surface area contributed by atoms with Crippen LogP contribution in [0.1, 0.15) is 10.4 Å². The van der Waals surface area contributed by atoms with Crippen molar-refractivity contribution < 1.29 is 13.7 Å². The Bertz CT molecular complexity index is 451. The molecule has 1 amide bonds. The summed E-state index contributed by atoms with van der Waals surface area (Å²) in [5.41, 5.74) is 0.361. The molecule has 76 valence electrons. The second kappa shape index (κ2) is 3.91. The van der Waals surface area contributed by atoms with Gasteiger partial charge >= 0.3 is 0 Å². The summed E-state index contributed by atoms with van der Waals surface area (Å²) in [5.74, 6) is -0.416. The van der Waals surface area contributed by atoms with Gasteiger partial charge < -0.3 is 9.84 Å². The molecule has 1 aromatic carbocycles. The van der Waals surface area contributed by atoms with Gasteiger partial charge in [0.2, 0.25) is 0 Å². The first kappa shape index (κ1) is 9.39. The molecular formula is C10H7FN2O2. The van der Waals surface area contributed by atoms with E-state index in [0.29, 0.717) is 11.4 Å². The molecule has 0 aliphatic carbocycles. The number of nitrogens with zero attached hydrogens (tertiary/aromatic N) is 1. The van der Waals surface area contributed by atoms with Crippen molar-refractivity contribution in [2.45, 2.75) is 0 Å². The average molecular weight is 206 g/mol. The molecule has 0 spiro atoms. The molecule has 2 rings (SSSR count). The van der Waals surface area contributed by atoms with Gasteiger partial charge in [0.1, 0.15) is 12.1 Å². The van der Waals surface area contributed by atoms with Crippen molar-refractivity contribution in [3.63, 3.8) is 0 Å². The fraction of sp³-hybridized carbons (Fsp3) is 0. The predicted molar refractivity (Wildman–Crippen MR) is 50.9 cm³/mol. The van der Waals surface area contributed by atoms with Crippen LogP contribution in [0.5, 0.6) is 0 Å². The molecule has 1 aromatic heterocycles. The van der Waals surface area contributed by atoms with Gasteiger partial charge in [-0.2, -0.15) is 0 Å². The minimum absolute atomic E-state index is 0.323. The zero-order valence-corrected chi connectivity index (χ0v) is 7.61. The van der Waals surface area contributed by atoms with Crippen LogP contribution in [0, 0.1) is 5.82 Å². The minimum atomic E-state index is -0.381. The molecule has 0 radical (unpaired) electrons. The number of anilines is 1. The molecule has 2 aromatic rings. The third-order valence-electron chi connectivity index (χ3n) is 1.79. The van der Waals surface area contributed by atoms with Crippen molar-refractivity contribution in [1.29, 1.82) is 0 Å². The summed E-state index contributed by atoms with van der Waals surface area (Å²) in [4.78, 5) is 11.5. The maximum atomic E-state index is 12.6. The molecule has 0 unspecified atom stereocenters. The second-order valence-electron chi connectivity index (χ2n) is 2.85. The third kappa shape index (κ3) is 2.19. The third-order valence-corrected chi connectivity index (χ3v) is 1.79. The largest absolute Gasteiger partial charge is 0.363 e. The van der Waals surface area contributed by atoms with Crippen LogP contribution >= 0.6 is 0 Å². The lowest BCUT2D eigenvalue weighted by atomic mass is 10.2. The lowest BCUT2D eigenvalue weighted by Gasteiger charge is -2.00. The molecule has 0 saturated heterocycles. The molecule has 1 N–H and O–H groups in total. The van der Waals surface area contributed by atoms with E-state index in [2.05, 4.69) is 15.0 Å². The summed E-state index contributed by atoms with van der Waals surface area (Å²) in [6, 6.07) is 6.74. The lowest BCUT2D eigenvalue weighted by molar-refractivity contribution is 0.102. The smallest absolute Gasteiger partial charge is 0.256 e. The number of aromatic nitrogens is 1. The first-order chi connectivity index (χ1) is 7.25. The van der Waals surface area contributed by atoms with E-state index in [1.165, 1.54) is 36.6 Å². The van der Waals surface area contributed by atoms with E-state index in [1.807, 2.05) is 0 Å². The van der Waals surface area contributed by atoms with Crippen molar-refractivity contribution in [3.8, 4) is 0 Å². The van der Waals surface area contributed by atoms with Crippen LogP contribution in [0.2, 0.25) is 0 Å². The van der Waals surface area contributed by atoms with Gasteiger partial charge in [-0.05, 0) is 24.3 Å². The number of benzene rings is 1. The summed E-state index contributed by atoms with van der Waals surface area (Å²) >= 11 is 0. The summed E-state index contributed by atoms with van der Waals surface area (Å²) in [6.07, 6.45) is 1.35. The quantitative estimate of drug-likeness (QED) is 0.818. The molecular weight excluding hydrogens is 199 g/mol. The molecule has 0 atom stereocenters. The number of carbonyl (C=O) groups is 1. The van der Waals surface area contributed by atoms with E-state index in [0.717, 1.165) is 0 Å². The van der Waals surface area contributed by atoms with Crippen LogP contribution in [0.4, 0.5) is 10.2 Å². The monoisotopic (exact) mass is 206 g/mol. The van der Waals surface area contributed by atoms with Crippen molar-refractivity contribution in [1.82, 2.24) is 5.16 Å². The number of carbonyl (C=O) groups excluding carboxylic acids is 1. The van der Waals surface area contributed by atoms with Crippen molar-refractivity contribution in [2.24, 2.45) is 0 Å². The molecule has 0 aliphatic heterocycles. The van der Waals surface area contributed by atoms with E-state index in [-0.39, 0.29) is 11.7 Å². The van der Waals surface area contributed by atoms with Gasteiger partial charge in [0.05, 0.1) is 0 Å². The van der Waals surface area contributed by atoms with Crippen molar-refractivity contribution in [2.75, 3.05) is 5.32 Å².